The number of imidazole rings is 2. The molecule has 3 aliphatic heterocycles. The number of rotatable bonds is 2. The number of Topliss-reactive ketones (excluding diaryl/α,β-unsaturated/α-hetero) is 1. The number of phosphoric acid groups is 1. The number of aromatic nitrogens is 6. The van der Waals surface area contributed by atoms with Crippen LogP contribution in [0.15, 0.2) is 24.0 Å². The number of ketones is 1. The average molecular weight is 687 g/mol. The second kappa shape index (κ2) is 10.2. The van der Waals surface area contributed by atoms with Crippen LogP contribution in [0.1, 0.15) is 35.6 Å². The van der Waals surface area contributed by atoms with Gasteiger partial charge in [0.1, 0.15) is 36.3 Å². The zero-order chi connectivity index (χ0) is 31.5. The van der Waals surface area contributed by atoms with Crippen LogP contribution in [0, 0.1) is 11.3 Å². The molecule has 4 N–H and O–H groups in total. The number of aliphatic hydroxyl groups is 1. The molecule has 5 aliphatic rings. The molecule has 1 unspecified atom stereocenters. The lowest BCUT2D eigenvalue weighted by Gasteiger charge is -2.32. The third kappa shape index (κ3) is 4.65. The Balaban J connectivity index is 1.10. The van der Waals surface area contributed by atoms with Gasteiger partial charge in [0.15, 0.2) is 41.2 Å². The number of nitrogen functional groups attached to an aromatic ring is 1. The summed E-state index contributed by atoms with van der Waals surface area (Å²) >= 11 is 4.12. The van der Waals surface area contributed by atoms with E-state index in [1.54, 1.807) is 4.57 Å². The predicted molar refractivity (Wildman–Crippen MR) is 152 cm³/mol. The van der Waals surface area contributed by atoms with Gasteiger partial charge < -0.3 is 25.0 Å². The fourth-order valence-corrected chi connectivity index (χ4v) is 9.39. The lowest BCUT2D eigenvalue weighted by atomic mass is 10.0. The van der Waals surface area contributed by atoms with Crippen LogP contribution in [0.4, 0.5) is 16.0 Å². The van der Waals surface area contributed by atoms with E-state index < -0.39 is 82.0 Å². The summed E-state index contributed by atoms with van der Waals surface area (Å²) in [6.45, 7) is -5.45. The van der Waals surface area contributed by atoms with Crippen LogP contribution < -0.4 is 5.73 Å². The van der Waals surface area contributed by atoms with Gasteiger partial charge in [-0.25, -0.2) is 38.4 Å². The molecular weight excluding hydrogens is 661 g/mol. The van der Waals surface area contributed by atoms with E-state index in [1.807, 2.05) is 0 Å². The molecule has 4 fully saturated rings. The number of hydrogen-bond acceptors (Lipinski definition) is 15. The number of carbonyl (C=O) groups is 1. The summed E-state index contributed by atoms with van der Waals surface area (Å²) in [5.74, 6) is -0.589. The fraction of sp³-hybridized carbons (Fsp3) is 0.565. The van der Waals surface area contributed by atoms with Crippen molar-refractivity contribution >= 4 is 61.7 Å². The zero-order valence-electron chi connectivity index (χ0n) is 22.8. The van der Waals surface area contributed by atoms with Crippen molar-refractivity contribution in [2.75, 3.05) is 18.9 Å². The van der Waals surface area contributed by atoms with E-state index in [9.17, 15) is 23.9 Å². The van der Waals surface area contributed by atoms with Crippen LogP contribution in [0.5, 0.6) is 0 Å². The van der Waals surface area contributed by atoms with Crippen molar-refractivity contribution in [3.05, 3.63) is 24.7 Å². The minimum absolute atomic E-state index is 0.0158. The highest BCUT2D eigenvalue weighted by Gasteiger charge is 2.74. The second-order valence-electron chi connectivity index (χ2n) is 11.5. The standard InChI is InChI=1S/C23H25FN8O10P2S/c24-12-17-11(40-22(12)32-8-29-13-10(33)1-2-26-20(13)32)4-38-44(37,45)42-18-16(34)15(9-3-23(9,18)5-39-43(35,36)41-17)31-7-30-14-19(25)27-6-28-21(14)31/h2,6-9,11-12,15-18,22,34H,1,3-5H2,(H,35,36)(H,37,45)(H2,25,27,28)/t9-,11-,12-,15-,16+,17-,18+,22-,23+,44+/m1/s1. The summed E-state index contributed by atoms with van der Waals surface area (Å²) < 4.78 is 73.4. The van der Waals surface area contributed by atoms with Gasteiger partial charge in [-0.15, -0.1) is 0 Å². The van der Waals surface area contributed by atoms with E-state index in [2.05, 4.69) is 37.2 Å². The minimum atomic E-state index is -4.99. The number of alkyl halides is 1. The van der Waals surface area contributed by atoms with Crippen molar-refractivity contribution in [1.82, 2.24) is 29.1 Å². The average Bonchev–Trinajstić information content (AvgIpc) is 3.27. The van der Waals surface area contributed by atoms with Crippen molar-refractivity contribution in [3.8, 4) is 0 Å². The SMILES string of the molecule is Nc1ncnc2c1ncn2[C@H]1[C@H](O)[C@@H]2O[P@@](=O)(S)OC[C@H]3O[C@@H](n4cnc5c4N=CCC5=O)[C@H](F)[C@@H]3OP(=O)(O)OC[C@]23C[C@H]13. The molecule has 22 heteroatoms. The summed E-state index contributed by atoms with van der Waals surface area (Å²) in [5, 5.41) is 11.5. The topological polar surface area (TPSA) is 238 Å². The summed E-state index contributed by atoms with van der Waals surface area (Å²) in [6.07, 6.45) is -3.89. The molecule has 2 saturated heterocycles. The monoisotopic (exact) mass is 686 g/mol. The van der Waals surface area contributed by atoms with Crippen LogP contribution in [0.2, 0.25) is 0 Å². The maximum Gasteiger partial charge on any atom is 0.472 e. The molecule has 240 valence electrons. The highest BCUT2D eigenvalue weighted by Crippen LogP contribution is 2.73. The highest BCUT2D eigenvalue weighted by atomic mass is 32.7. The first-order valence-electron chi connectivity index (χ1n) is 13.7. The first-order valence-corrected chi connectivity index (χ1v) is 17.9. The number of carbonyl (C=O) groups excluding carboxylic acids is 1. The maximum atomic E-state index is 16.0. The third-order valence-electron chi connectivity index (χ3n) is 8.99. The van der Waals surface area contributed by atoms with Crippen LogP contribution >= 0.6 is 26.9 Å². The molecule has 3 aromatic rings. The number of nitrogens with zero attached hydrogens (tertiary/aromatic N) is 7. The maximum absolute atomic E-state index is 16.0. The smallest absolute Gasteiger partial charge is 0.388 e. The van der Waals surface area contributed by atoms with Gasteiger partial charge in [-0.1, -0.05) is 12.2 Å². The molecular formula is C23H25FN8O10P2S. The van der Waals surface area contributed by atoms with Gasteiger partial charge in [0.2, 0.25) is 0 Å². The molecule has 0 aromatic carbocycles. The quantitative estimate of drug-likeness (QED) is 0.222. The number of aliphatic imine (C=N–C) groups is 1. The van der Waals surface area contributed by atoms with Gasteiger partial charge >= 0.3 is 14.6 Å². The number of halogens is 1. The third-order valence-corrected chi connectivity index (χ3v) is 11.6. The largest absolute Gasteiger partial charge is 0.472 e. The second-order valence-corrected chi connectivity index (χ2v) is 15.8. The van der Waals surface area contributed by atoms with Crippen LogP contribution in [0.3, 0.4) is 0 Å². The zero-order valence-corrected chi connectivity index (χ0v) is 25.5. The normalized spacial score (nSPS) is 42.8. The molecule has 18 nitrogen and oxygen atoms in total. The van der Waals surface area contributed by atoms with Crippen LogP contribution in [0.25, 0.3) is 11.2 Å². The number of fused-ring (bicyclic) bond motifs is 3. The van der Waals surface area contributed by atoms with Gasteiger partial charge in [0.05, 0.1) is 31.9 Å². The van der Waals surface area contributed by atoms with Gasteiger partial charge in [0.25, 0.3) is 0 Å². The first-order chi connectivity index (χ1) is 21.4. The lowest BCUT2D eigenvalue weighted by molar-refractivity contribution is -0.0569. The number of hydrogen-bond donors (Lipinski definition) is 4. The minimum Gasteiger partial charge on any atom is -0.388 e. The number of nitrogens with two attached hydrogens (primary N) is 1. The van der Waals surface area contributed by atoms with Gasteiger partial charge in [-0.3, -0.25) is 27.5 Å². The molecule has 8 rings (SSSR count). The number of phosphoric ester groups is 1. The fourth-order valence-electron chi connectivity index (χ4n) is 6.84. The molecule has 2 aliphatic carbocycles. The summed E-state index contributed by atoms with van der Waals surface area (Å²) in [5.41, 5.74) is 5.44. The Labute approximate surface area is 257 Å². The van der Waals surface area contributed by atoms with Crippen LogP contribution in [-0.4, -0.2) is 94.9 Å². The molecule has 0 amide bonds. The Hall–Kier alpha value is -2.64. The van der Waals surface area contributed by atoms with E-state index in [4.69, 9.17) is 28.6 Å². The van der Waals surface area contributed by atoms with Crippen molar-refractivity contribution in [1.29, 1.82) is 0 Å². The molecule has 0 radical (unpaired) electrons. The van der Waals surface area contributed by atoms with E-state index in [0.717, 1.165) is 10.9 Å². The molecule has 45 heavy (non-hydrogen) atoms. The lowest BCUT2D eigenvalue weighted by Crippen LogP contribution is -2.39. The van der Waals surface area contributed by atoms with E-state index in [0.29, 0.717) is 17.6 Å². The Morgan fingerprint density at radius 3 is 2.76 bits per heavy atom. The van der Waals surface area contributed by atoms with Gasteiger partial charge in [-0.2, -0.15) is 0 Å². The molecule has 11 atom stereocenters. The van der Waals surface area contributed by atoms with Gasteiger partial charge in [0, 0.05) is 18.1 Å². The van der Waals surface area contributed by atoms with E-state index in [1.165, 1.54) is 18.9 Å². The van der Waals surface area contributed by atoms with E-state index >= 15 is 4.39 Å². The Kier molecular flexibility index (Phi) is 6.73. The first kappa shape index (κ1) is 29.7. The molecule has 0 bridgehead atoms. The molecule has 3 aromatic heterocycles. The van der Waals surface area contributed by atoms with Crippen molar-refractivity contribution < 1.29 is 51.1 Å². The Morgan fingerprint density at radius 2 is 1.93 bits per heavy atom. The predicted octanol–water partition coefficient (Wildman–Crippen LogP) is 1.71. The van der Waals surface area contributed by atoms with Gasteiger partial charge in [-0.05, 0) is 12.3 Å². The summed E-state index contributed by atoms with van der Waals surface area (Å²) in [7, 11) is -4.99. The van der Waals surface area contributed by atoms with Crippen molar-refractivity contribution in [2.45, 2.75) is 55.7 Å². The van der Waals surface area contributed by atoms with E-state index in [-0.39, 0.29) is 29.5 Å². The summed E-state index contributed by atoms with van der Waals surface area (Å²) in [6, 6.07) is -0.746. The Morgan fingerprint density at radius 1 is 1.13 bits per heavy atom. The van der Waals surface area contributed by atoms with Crippen molar-refractivity contribution in [2.24, 2.45) is 16.3 Å². The molecule has 1 spiro atoms. The number of anilines is 1. The molecule has 6 heterocycles. The highest BCUT2D eigenvalue weighted by molar-refractivity contribution is 8.44. The number of ether oxygens (including phenoxy) is 1. The summed E-state index contributed by atoms with van der Waals surface area (Å²) in [4.78, 5) is 43.5. The number of aliphatic hydroxyl groups excluding tert-OH is 1. The van der Waals surface area contributed by atoms with Crippen LogP contribution in [-0.2, 0) is 32.0 Å². The van der Waals surface area contributed by atoms with Crippen molar-refractivity contribution in [3.63, 3.8) is 0 Å². The molecule has 2 saturated carbocycles. The Bertz CT molecular complexity index is 1860. The number of thiol groups is 1.